The second kappa shape index (κ2) is 13.6. The maximum Gasteiger partial charge on any atom is 0.191 e. The molecule has 2 N–H and O–H groups in total. The number of guanidine groups is 1. The molecular weight excluding hydrogens is 527 g/mol. The number of nitrogens with zero attached hydrogens (tertiary/aromatic N) is 3. The third-order valence-electron chi connectivity index (χ3n) is 6.16. The lowest BCUT2D eigenvalue weighted by Crippen LogP contribution is -2.51. The van der Waals surface area contributed by atoms with Gasteiger partial charge >= 0.3 is 0 Å². The molecule has 2 fully saturated rings. The van der Waals surface area contributed by atoms with Gasteiger partial charge in [0, 0.05) is 50.8 Å². The van der Waals surface area contributed by atoms with Crippen LogP contribution < -0.4 is 10.6 Å². The van der Waals surface area contributed by atoms with Gasteiger partial charge in [-0.3, -0.25) is 14.8 Å². The molecule has 0 bridgehead atoms. The number of halogens is 3. The molecule has 0 saturated carbocycles. The Kier molecular flexibility index (Phi) is 11.6. The Bertz CT molecular complexity index is 730. The van der Waals surface area contributed by atoms with Gasteiger partial charge in [-0.25, -0.2) is 8.78 Å². The lowest BCUT2D eigenvalue weighted by Gasteiger charge is -2.37. The summed E-state index contributed by atoms with van der Waals surface area (Å²) in [5.74, 6) is -0.699. The summed E-state index contributed by atoms with van der Waals surface area (Å²) < 4.78 is 32.1. The Hall–Kier alpha value is -1.04. The minimum absolute atomic E-state index is 0. The van der Waals surface area contributed by atoms with Crippen LogP contribution in [0.4, 0.5) is 8.78 Å². The zero-order valence-corrected chi connectivity index (χ0v) is 21.8. The van der Waals surface area contributed by atoms with E-state index in [-0.39, 0.29) is 24.0 Å². The van der Waals surface area contributed by atoms with Crippen molar-refractivity contribution in [1.82, 2.24) is 20.4 Å². The predicted molar refractivity (Wildman–Crippen MR) is 136 cm³/mol. The van der Waals surface area contributed by atoms with Gasteiger partial charge in [-0.15, -0.1) is 24.0 Å². The second-order valence-corrected chi connectivity index (χ2v) is 8.67. The molecular formula is C23H38F2IN5O. The van der Waals surface area contributed by atoms with E-state index in [0.717, 1.165) is 70.3 Å². The van der Waals surface area contributed by atoms with E-state index in [1.165, 1.54) is 12.1 Å². The summed E-state index contributed by atoms with van der Waals surface area (Å²) in [6.07, 6.45) is 1.98. The summed E-state index contributed by atoms with van der Waals surface area (Å²) in [5, 5.41) is 6.95. The molecule has 2 aliphatic rings. The van der Waals surface area contributed by atoms with Crippen LogP contribution in [0.15, 0.2) is 23.2 Å². The van der Waals surface area contributed by atoms with Gasteiger partial charge in [-0.05, 0) is 51.3 Å². The second-order valence-electron chi connectivity index (χ2n) is 8.67. The van der Waals surface area contributed by atoms with Gasteiger partial charge in [0.2, 0.25) is 0 Å². The van der Waals surface area contributed by atoms with Crippen molar-refractivity contribution in [3.05, 3.63) is 35.4 Å². The van der Waals surface area contributed by atoms with Crippen molar-refractivity contribution in [3.8, 4) is 0 Å². The van der Waals surface area contributed by atoms with Gasteiger partial charge < -0.3 is 15.4 Å². The maximum atomic E-state index is 13.4. The molecule has 3 rings (SSSR count). The van der Waals surface area contributed by atoms with Gasteiger partial charge in [0.25, 0.3) is 0 Å². The zero-order chi connectivity index (χ0) is 22.2. The molecule has 0 radical (unpaired) electrons. The van der Waals surface area contributed by atoms with Crippen LogP contribution in [0.2, 0.25) is 0 Å². The number of morpholine rings is 1. The van der Waals surface area contributed by atoms with Crippen LogP contribution in [0, 0.1) is 11.6 Å². The minimum atomic E-state index is -0.792. The van der Waals surface area contributed by atoms with E-state index in [1.807, 2.05) is 0 Å². The first-order valence-corrected chi connectivity index (χ1v) is 11.5. The summed E-state index contributed by atoms with van der Waals surface area (Å²) in [6, 6.07) is 5.32. The third-order valence-corrected chi connectivity index (χ3v) is 6.16. The van der Waals surface area contributed by atoms with Crippen molar-refractivity contribution in [2.24, 2.45) is 4.99 Å². The van der Waals surface area contributed by atoms with Gasteiger partial charge in [0.05, 0.1) is 19.8 Å². The molecule has 0 aliphatic carbocycles. The monoisotopic (exact) mass is 565 g/mol. The molecule has 1 aromatic rings. The van der Waals surface area contributed by atoms with Gasteiger partial charge in [0.15, 0.2) is 17.6 Å². The topological polar surface area (TPSA) is 52.1 Å². The van der Waals surface area contributed by atoms with Crippen LogP contribution in [0.25, 0.3) is 0 Å². The quantitative estimate of drug-likeness (QED) is 0.302. The molecule has 0 amide bonds. The first-order valence-electron chi connectivity index (χ1n) is 11.5. The van der Waals surface area contributed by atoms with E-state index in [9.17, 15) is 8.78 Å². The van der Waals surface area contributed by atoms with Gasteiger partial charge in [-0.1, -0.05) is 6.07 Å². The largest absolute Gasteiger partial charge is 0.379 e. The highest BCUT2D eigenvalue weighted by Gasteiger charge is 2.24. The molecule has 2 unspecified atom stereocenters. The number of hydrogen-bond donors (Lipinski definition) is 2. The Labute approximate surface area is 208 Å². The fraction of sp³-hybridized carbons (Fsp3) is 0.696. The van der Waals surface area contributed by atoms with Crippen molar-refractivity contribution in [2.45, 2.75) is 58.3 Å². The number of benzene rings is 1. The van der Waals surface area contributed by atoms with E-state index in [0.29, 0.717) is 24.7 Å². The number of piperidine rings is 1. The van der Waals surface area contributed by atoms with Crippen LogP contribution >= 0.6 is 24.0 Å². The molecule has 9 heteroatoms. The van der Waals surface area contributed by atoms with Crippen LogP contribution in [0.1, 0.15) is 39.2 Å². The average Bonchev–Trinajstić information content (AvgIpc) is 2.76. The number of aliphatic imine (C=N–C) groups is 1. The van der Waals surface area contributed by atoms with E-state index >= 15 is 0 Å². The smallest absolute Gasteiger partial charge is 0.191 e. The zero-order valence-electron chi connectivity index (χ0n) is 19.4. The minimum Gasteiger partial charge on any atom is -0.379 e. The van der Waals surface area contributed by atoms with E-state index in [2.05, 4.69) is 41.2 Å². The fourth-order valence-corrected chi connectivity index (χ4v) is 4.37. The highest BCUT2D eigenvalue weighted by atomic mass is 127. The molecule has 6 nitrogen and oxygen atoms in total. The first-order chi connectivity index (χ1) is 15.0. The third kappa shape index (κ3) is 8.07. The normalized spacial score (nSPS) is 22.3. The number of rotatable bonds is 7. The van der Waals surface area contributed by atoms with Crippen LogP contribution in [-0.2, 0) is 11.3 Å². The van der Waals surface area contributed by atoms with E-state index < -0.39 is 11.6 Å². The molecule has 2 atom stereocenters. The summed E-state index contributed by atoms with van der Waals surface area (Å²) in [4.78, 5) is 9.60. The van der Waals surface area contributed by atoms with Crippen molar-refractivity contribution in [1.29, 1.82) is 0 Å². The summed E-state index contributed by atoms with van der Waals surface area (Å²) in [6.45, 7) is 13.1. The molecule has 0 aromatic heterocycles. The predicted octanol–water partition coefficient (Wildman–Crippen LogP) is 3.21. The lowest BCUT2D eigenvalue weighted by atomic mass is 10.0. The Morgan fingerprint density at radius 1 is 1.22 bits per heavy atom. The van der Waals surface area contributed by atoms with Gasteiger partial charge in [0.1, 0.15) is 0 Å². The van der Waals surface area contributed by atoms with Crippen LogP contribution in [0.3, 0.4) is 0 Å². The first kappa shape index (κ1) is 27.2. The van der Waals surface area contributed by atoms with Crippen LogP contribution in [-0.4, -0.2) is 79.8 Å². The van der Waals surface area contributed by atoms with Crippen molar-refractivity contribution >= 4 is 29.9 Å². The highest BCUT2D eigenvalue weighted by Crippen LogP contribution is 2.16. The number of nitrogens with one attached hydrogen (secondary N) is 2. The summed E-state index contributed by atoms with van der Waals surface area (Å²) >= 11 is 0. The van der Waals surface area contributed by atoms with Gasteiger partial charge in [-0.2, -0.15) is 0 Å². The SMILES string of the molecule is CCNC(=NCC(C)N1CCOCC1C)NC1CCN(Cc2ccc(F)c(F)c2)CC1.I. The molecule has 2 heterocycles. The maximum absolute atomic E-state index is 13.4. The van der Waals surface area contributed by atoms with Crippen molar-refractivity contribution in [2.75, 3.05) is 45.9 Å². The Morgan fingerprint density at radius 2 is 1.97 bits per heavy atom. The van der Waals surface area contributed by atoms with E-state index in [1.54, 1.807) is 6.07 Å². The lowest BCUT2D eigenvalue weighted by molar-refractivity contribution is -0.0165. The standard InChI is InChI=1S/C23H37F2N5O.HI/c1-4-26-23(27-14-17(2)30-11-12-31-16-18(30)3)28-20-7-9-29(10-8-20)15-19-5-6-21(24)22(25)13-19;/h5-6,13,17-18,20H,4,7-12,14-16H2,1-3H3,(H2,26,27,28);1H. The summed E-state index contributed by atoms with van der Waals surface area (Å²) in [5.41, 5.74) is 0.812. The number of ether oxygens (including phenoxy) is 1. The summed E-state index contributed by atoms with van der Waals surface area (Å²) in [7, 11) is 0. The van der Waals surface area contributed by atoms with Crippen molar-refractivity contribution in [3.63, 3.8) is 0 Å². The highest BCUT2D eigenvalue weighted by molar-refractivity contribution is 14.0. The Balaban J connectivity index is 0.00000363. The number of likely N-dealkylation sites (tertiary alicyclic amines) is 1. The molecule has 2 aliphatic heterocycles. The molecule has 2 saturated heterocycles. The molecule has 1 aromatic carbocycles. The van der Waals surface area contributed by atoms with Crippen molar-refractivity contribution < 1.29 is 13.5 Å². The number of hydrogen-bond acceptors (Lipinski definition) is 4. The Morgan fingerprint density at radius 3 is 2.62 bits per heavy atom. The molecule has 182 valence electrons. The van der Waals surface area contributed by atoms with Crippen LogP contribution in [0.5, 0.6) is 0 Å². The van der Waals surface area contributed by atoms with E-state index in [4.69, 9.17) is 9.73 Å². The average molecular weight is 565 g/mol. The molecule has 32 heavy (non-hydrogen) atoms. The fourth-order valence-electron chi connectivity index (χ4n) is 4.37. The molecule has 0 spiro atoms.